The molecule has 0 aliphatic heterocycles. The van der Waals surface area contributed by atoms with Gasteiger partial charge in [0.25, 0.3) is 0 Å². The van der Waals surface area contributed by atoms with Crippen LogP contribution < -0.4 is 10.1 Å². The molecule has 0 bridgehead atoms. The second-order valence-corrected chi connectivity index (χ2v) is 4.67. The molecule has 0 fully saturated rings. The van der Waals surface area contributed by atoms with Gasteiger partial charge in [0.2, 0.25) is 0 Å². The number of hydrogen-bond donors (Lipinski definition) is 2. The van der Waals surface area contributed by atoms with Gasteiger partial charge in [-0.3, -0.25) is 0 Å². The van der Waals surface area contributed by atoms with Crippen molar-refractivity contribution in [1.82, 2.24) is 5.32 Å². The number of halogens is 2. The molecule has 2 aromatic rings. The van der Waals surface area contributed by atoms with E-state index in [1.54, 1.807) is 25.2 Å². The average Bonchev–Trinajstić information content (AvgIpc) is 2.48. The summed E-state index contributed by atoms with van der Waals surface area (Å²) in [5.74, 6) is -2.15. The first-order valence-corrected chi connectivity index (χ1v) is 6.59. The molecule has 0 atom stereocenters. The molecule has 2 rings (SSSR count). The van der Waals surface area contributed by atoms with Gasteiger partial charge in [0.15, 0.2) is 6.61 Å². The van der Waals surface area contributed by atoms with Gasteiger partial charge in [-0.05, 0) is 42.9 Å². The molecular formula is C16H15F2NO3. The minimum atomic E-state index is -1.15. The smallest absolute Gasteiger partial charge is 0.341 e. The molecule has 0 aliphatic carbocycles. The molecule has 2 N–H and O–H groups in total. The lowest BCUT2D eigenvalue weighted by atomic mass is 10.0. The van der Waals surface area contributed by atoms with Crippen LogP contribution >= 0.6 is 0 Å². The molecule has 0 aromatic heterocycles. The van der Waals surface area contributed by atoms with Gasteiger partial charge < -0.3 is 15.2 Å². The number of benzene rings is 2. The van der Waals surface area contributed by atoms with Crippen molar-refractivity contribution in [2.45, 2.75) is 6.54 Å². The molecule has 0 saturated heterocycles. The van der Waals surface area contributed by atoms with E-state index in [2.05, 4.69) is 5.32 Å². The van der Waals surface area contributed by atoms with Crippen molar-refractivity contribution in [1.29, 1.82) is 0 Å². The first-order valence-electron chi connectivity index (χ1n) is 6.59. The monoisotopic (exact) mass is 307 g/mol. The number of ether oxygens (including phenoxy) is 1. The van der Waals surface area contributed by atoms with Gasteiger partial charge >= 0.3 is 5.97 Å². The SMILES string of the molecule is CNCc1ccc(OCC(=O)O)c(-c2cc(F)ccc2F)c1. The van der Waals surface area contributed by atoms with Crippen molar-refractivity contribution in [2.75, 3.05) is 13.7 Å². The van der Waals surface area contributed by atoms with E-state index in [9.17, 15) is 13.6 Å². The largest absolute Gasteiger partial charge is 0.481 e. The molecule has 0 heterocycles. The average molecular weight is 307 g/mol. The summed E-state index contributed by atoms with van der Waals surface area (Å²) in [7, 11) is 1.76. The first-order chi connectivity index (χ1) is 10.5. The number of rotatable bonds is 6. The van der Waals surface area contributed by atoms with Crippen molar-refractivity contribution in [3.05, 3.63) is 53.6 Å². The van der Waals surface area contributed by atoms with Crippen LogP contribution in [0.15, 0.2) is 36.4 Å². The number of carboxylic acid groups (broad SMARTS) is 1. The summed E-state index contributed by atoms with van der Waals surface area (Å²) in [6, 6.07) is 8.03. The minimum Gasteiger partial charge on any atom is -0.481 e. The zero-order chi connectivity index (χ0) is 16.1. The fraction of sp³-hybridized carbons (Fsp3) is 0.188. The predicted octanol–water partition coefficient (Wildman–Crippen LogP) is 2.81. The fourth-order valence-electron chi connectivity index (χ4n) is 2.07. The normalized spacial score (nSPS) is 10.5. The lowest BCUT2D eigenvalue weighted by Crippen LogP contribution is -2.11. The van der Waals surface area contributed by atoms with Crippen molar-refractivity contribution < 1.29 is 23.4 Å². The van der Waals surface area contributed by atoms with Crippen LogP contribution in [0.2, 0.25) is 0 Å². The van der Waals surface area contributed by atoms with E-state index >= 15 is 0 Å². The van der Waals surface area contributed by atoms with Crippen LogP contribution in [0.3, 0.4) is 0 Å². The third-order valence-corrected chi connectivity index (χ3v) is 2.99. The Morgan fingerprint density at radius 3 is 2.64 bits per heavy atom. The Hall–Kier alpha value is -2.47. The van der Waals surface area contributed by atoms with Crippen LogP contribution in [0.25, 0.3) is 11.1 Å². The maximum Gasteiger partial charge on any atom is 0.341 e. The highest BCUT2D eigenvalue weighted by molar-refractivity contribution is 5.73. The van der Waals surface area contributed by atoms with Crippen molar-refractivity contribution >= 4 is 5.97 Å². The molecule has 0 spiro atoms. The summed E-state index contributed by atoms with van der Waals surface area (Å²) in [6.45, 7) is -0.0293. The molecular weight excluding hydrogens is 292 g/mol. The zero-order valence-corrected chi connectivity index (χ0v) is 11.9. The number of nitrogens with one attached hydrogen (secondary N) is 1. The second kappa shape index (κ2) is 7.00. The Balaban J connectivity index is 2.50. The third-order valence-electron chi connectivity index (χ3n) is 2.99. The highest BCUT2D eigenvalue weighted by atomic mass is 19.1. The Morgan fingerprint density at radius 1 is 1.18 bits per heavy atom. The van der Waals surface area contributed by atoms with E-state index in [1.165, 1.54) is 0 Å². The number of hydrogen-bond acceptors (Lipinski definition) is 3. The number of aliphatic carboxylic acids is 1. The number of carbonyl (C=O) groups is 1. The molecule has 0 radical (unpaired) electrons. The molecule has 6 heteroatoms. The summed E-state index contributed by atoms with van der Waals surface area (Å²) in [5.41, 5.74) is 1.17. The Labute approximate surface area is 126 Å². The van der Waals surface area contributed by atoms with Gasteiger partial charge in [-0.1, -0.05) is 6.07 Å². The Morgan fingerprint density at radius 2 is 1.95 bits per heavy atom. The van der Waals surface area contributed by atoms with Crippen molar-refractivity contribution in [3.63, 3.8) is 0 Å². The van der Waals surface area contributed by atoms with Crippen LogP contribution in [-0.2, 0) is 11.3 Å². The third kappa shape index (κ3) is 3.79. The highest BCUT2D eigenvalue weighted by Crippen LogP contribution is 2.33. The minimum absolute atomic E-state index is 0.0262. The quantitative estimate of drug-likeness (QED) is 0.861. The zero-order valence-electron chi connectivity index (χ0n) is 11.9. The lowest BCUT2D eigenvalue weighted by Gasteiger charge is -2.13. The van der Waals surface area contributed by atoms with Gasteiger partial charge in [0, 0.05) is 17.7 Å². The van der Waals surface area contributed by atoms with Crippen LogP contribution in [0.4, 0.5) is 8.78 Å². The molecule has 0 amide bonds. The van der Waals surface area contributed by atoms with Crippen LogP contribution in [0.1, 0.15) is 5.56 Å². The summed E-state index contributed by atoms with van der Waals surface area (Å²) in [6.07, 6.45) is 0. The summed E-state index contributed by atoms with van der Waals surface area (Å²) >= 11 is 0. The second-order valence-electron chi connectivity index (χ2n) is 4.67. The van der Waals surface area contributed by atoms with Crippen LogP contribution in [0, 0.1) is 11.6 Å². The van der Waals surface area contributed by atoms with Crippen molar-refractivity contribution in [3.8, 4) is 16.9 Å². The maximum absolute atomic E-state index is 14.0. The molecule has 0 unspecified atom stereocenters. The summed E-state index contributed by atoms with van der Waals surface area (Å²) < 4.78 is 32.6. The van der Waals surface area contributed by atoms with Crippen LogP contribution in [0.5, 0.6) is 5.75 Å². The van der Waals surface area contributed by atoms with Gasteiger partial charge in [0.05, 0.1) is 0 Å². The fourth-order valence-corrected chi connectivity index (χ4v) is 2.07. The van der Waals surface area contributed by atoms with Gasteiger partial charge in [0.1, 0.15) is 17.4 Å². The van der Waals surface area contributed by atoms with Crippen LogP contribution in [-0.4, -0.2) is 24.7 Å². The van der Waals surface area contributed by atoms with Gasteiger partial charge in [-0.25, -0.2) is 13.6 Å². The summed E-state index contributed by atoms with van der Waals surface area (Å²) in [5, 5.41) is 11.7. The van der Waals surface area contributed by atoms with E-state index in [4.69, 9.17) is 9.84 Å². The maximum atomic E-state index is 14.0. The molecule has 2 aromatic carbocycles. The first kappa shape index (κ1) is 15.9. The van der Waals surface area contributed by atoms with Gasteiger partial charge in [-0.15, -0.1) is 0 Å². The Kier molecular flexibility index (Phi) is 5.06. The summed E-state index contributed by atoms with van der Waals surface area (Å²) in [4.78, 5) is 10.6. The topological polar surface area (TPSA) is 58.6 Å². The Bertz CT molecular complexity index is 689. The van der Waals surface area contributed by atoms with E-state index in [1.807, 2.05) is 0 Å². The molecule has 116 valence electrons. The van der Waals surface area contributed by atoms with Gasteiger partial charge in [-0.2, -0.15) is 0 Å². The molecule has 22 heavy (non-hydrogen) atoms. The lowest BCUT2D eigenvalue weighted by molar-refractivity contribution is -0.139. The van der Waals surface area contributed by atoms with E-state index < -0.39 is 24.2 Å². The standard InChI is InChI=1S/C16H15F2NO3/c1-19-8-10-2-5-15(22-9-16(20)21)13(6-10)12-7-11(17)3-4-14(12)18/h2-7,19H,8-9H2,1H3,(H,20,21). The predicted molar refractivity (Wildman–Crippen MR) is 77.7 cm³/mol. The van der Waals surface area contributed by atoms with E-state index in [-0.39, 0.29) is 11.3 Å². The highest BCUT2D eigenvalue weighted by Gasteiger charge is 2.14. The van der Waals surface area contributed by atoms with E-state index in [0.29, 0.717) is 12.1 Å². The van der Waals surface area contributed by atoms with Crippen molar-refractivity contribution in [2.24, 2.45) is 0 Å². The molecule has 0 saturated carbocycles. The van der Waals surface area contributed by atoms with E-state index in [0.717, 1.165) is 23.8 Å². The molecule has 4 nitrogen and oxygen atoms in total. The number of carboxylic acids is 1. The molecule has 0 aliphatic rings.